The van der Waals surface area contributed by atoms with Gasteiger partial charge in [-0.05, 0) is 56.7 Å². The molecule has 1 aromatic carbocycles. The predicted octanol–water partition coefficient (Wildman–Crippen LogP) is 3.22. The van der Waals surface area contributed by atoms with Gasteiger partial charge in [-0.25, -0.2) is 0 Å². The van der Waals surface area contributed by atoms with Crippen molar-refractivity contribution in [1.82, 2.24) is 10.2 Å². The van der Waals surface area contributed by atoms with E-state index in [-0.39, 0.29) is 41.0 Å². The van der Waals surface area contributed by atoms with Crippen LogP contribution in [0.4, 0.5) is 11.4 Å². The Bertz CT molecular complexity index is 722. The van der Waals surface area contributed by atoms with Crippen molar-refractivity contribution in [2.75, 3.05) is 31.1 Å². The first-order valence-electron chi connectivity index (χ1n) is 10.1. The zero-order valence-corrected chi connectivity index (χ0v) is 17.1. The second-order valence-corrected chi connectivity index (χ2v) is 8.22. The minimum absolute atomic E-state index is 0. The largest absolute Gasteiger partial charge is 0.366 e. The van der Waals surface area contributed by atoms with E-state index in [1.54, 1.807) is 12.1 Å². The molecule has 2 atom stereocenters. The molecule has 154 valence electrons. The lowest BCUT2D eigenvalue weighted by Crippen LogP contribution is -2.42. The summed E-state index contributed by atoms with van der Waals surface area (Å²) in [5, 5.41) is 15.1. The summed E-state index contributed by atoms with van der Waals surface area (Å²) in [6.45, 7) is 5.62. The Morgan fingerprint density at radius 3 is 2.57 bits per heavy atom. The highest BCUT2D eigenvalue weighted by Crippen LogP contribution is 2.34. The smallest absolute Gasteiger partial charge is 0.293 e. The number of hydrogen-bond donors (Lipinski definition) is 1. The highest BCUT2D eigenvalue weighted by molar-refractivity contribution is 5.96. The van der Waals surface area contributed by atoms with Crippen molar-refractivity contribution < 1.29 is 9.72 Å². The van der Waals surface area contributed by atoms with Crippen LogP contribution in [-0.4, -0.2) is 54.0 Å². The molecule has 3 heterocycles. The average molecular weight is 409 g/mol. The third kappa shape index (κ3) is 3.96. The number of nitrogens with one attached hydrogen (secondary N) is 1. The minimum Gasteiger partial charge on any atom is -0.366 e. The molecular formula is C20H29ClN4O3. The van der Waals surface area contributed by atoms with Crippen LogP contribution >= 0.6 is 12.4 Å². The number of nitrogens with zero attached hydrogens (tertiary/aromatic N) is 3. The third-order valence-corrected chi connectivity index (χ3v) is 6.43. The van der Waals surface area contributed by atoms with Crippen molar-refractivity contribution in [3.63, 3.8) is 0 Å². The standard InChI is InChI=1S/C20H28N4O3.ClH/c1-14-7-10-22(11-8-14)18-5-2-15(12-19(18)24(26)27)20(25)23-16-3-4-17(23)13-21-9-6-16;/h2,5,12,14,16-17,21H,3-4,6-11,13H2,1H3;1H. The summed E-state index contributed by atoms with van der Waals surface area (Å²) in [6.07, 6.45) is 5.08. The van der Waals surface area contributed by atoms with Crippen molar-refractivity contribution in [1.29, 1.82) is 0 Å². The zero-order valence-electron chi connectivity index (χ0n) is 16.3. The van der Waals surface area contributed by atoms with Gasteiger partial charge in [-0.15, -0.1) is 12.4 Å². The summed E-state index contributed by atoms with van der Waals surface area (Å²) in [5.74, 6) is 0.599. The first-order valence-corrected chi connectivity index (χ1v) is 10.1. The highest BCUT2D eigenvalue weighted by atomic mass is 35.5. The molecular weight excluding hydrogens is 380 g/mol. The van der Waals surface area contributed by atoms with Crippen LogP contribution in [0, 0.1) is 16.0 Å². The topological polar surface area (TPSA) is 78.7 Å². The third-order valence-electron chi connectivity index (χ3n) is 6.43. The fraction of sp³-hybridized carbons (Fsp3) is 0.650. The van der Waals surface area contributed by atoms with Crippen molar-refractivity contribution >= 4 is 29.7 Å². The Kier molecular flexibility index (Phi) is 6.45. The van der Waals surface area contributed by atoms with Crippen LogP contribution in [0.2, 0.25) is 0 Å². The Morgan fingerprint density at radius 2 is 1.86 bits per heavy atom. The summed E-state index contributed by atoms with van der Waals surface area (Å²) in [6, 6.07) is 5.50. The van der Waals surface area contributed by atoms with Gasteiger partial charge in [-0.1, -0.05) is 6.92 Å². The van der Waals surface area contributed by atoms with Crippen molar-refractivity contribution in [2.45, 2.75) is 51.1 Å². The number of nitro benzene ring substituents is 1. The van der Waals surface area contributed by atoms with E-state index in [1.165, 1.54) is 6.07 Å². The number of anilines is 1. The molecule has 1 aromatic rings. The molecule has 2 unspecified atom stereocenters. The first-order chi connectivity index (χ1) is 13.0. The maximum Gasteiger partial charge on any atom is 0.293 e. The van der Waals surface area contributed by atoms with Gasteiger partial charge in [-0.2, -0.15) is 0 Å². The van der Waals surface area contributed by atoms with E-state index in [0.717, 1.165) is 58.3 Å². The quantitative estimate of drug-likeness (QED) is 0.613. The summed E-state index contributed by atoms with van der Waals surface area (Å²) in [4.78, 5) is 28.6. The number of carbonyl (C=O) groups is 1. The lowest BCUT2D eigenvalue weighted by atomic mass is 9.98. The molecule has 1 N–H and O–H groups in total. The Labute approximate surface area is 172 Å². The molecule has 0 saturated carbocycles. The van der Waals surface area contributed by atoms with Gasteiger partial charge in [0.1, 0.15) is 5.69 Å². The number of benzene rings is 1. The van der Waals surface area contributed by atoms with Crippen LogP contribution < -0.4 is 10.2 Å². The molecule has 0 aliphatic carbocycles. The second kappa shape index (κ2) is 8.66. The molecule has 0 aromatic heterocycles. The summed E-state index contributed by atoms with van der Waals surface area (Å²) >= 11 is 0. The number of halogens is 1. The van der Waals surface area contributed by atoms with Gasteiger partial charge >= 0.3 is 0 Å². The number of carbonyl (C=O) groups excluding carboxylic acids is 1. The molecule has 3 saturated heterocycles. The summed E-state index contributed by atoms with van der Waals surface area (Å²) < 4.78 is 0. The lowest BCUT2D eigenvalue weighted by Gasteiger charge is -2.32. The molecule has 2 bridgehead atoms. The van der Waals surface area contributed by atoms with E-state index in [4.69, 9.17) is 0 Å². The van der Waals surface area contributed by atoms with Gasteiger partial charge in [0, 0.05) is 43.3 Å². The van der Waals surface area contributed by atoms with E-state index in [2.05, 4.69) is 17.1 Å². The fourth-order valence-corrected chi connectivity index (χ4v) is 4.78. The van der Waals surface area contributed by atoms with Crippen molar-refractivity contribution in [2.24, 2.45) is 5.92 Å². The summed E-state index contributed by atoms with van der Waals surface area (Å²) in [5.41, 5.74) is 1.13. The number of rotatable bonds is 3. The average Bonchev–Trinajstić information content (AvgIpc) is 2.94. The maximum absolute atomic E-state index is 13.2. The lowest BCUT2D eigenvalue weighted by molar-refractivity contribution is -0.384. The zero-order chi connectivity index (χ0) is 19.0. The van der Waals surface area contributed by atoms with Crippen LogP contribution in [0.1, 0.15) is 49.4 Å². The number of amides is 1. The van der Waals surface area contributed by atoms with E-state index < -0.39 is 0 Å². The van der Waals surface area contributed by atoms with Crippen molar-refractivity contribution in [3.05, 3.63) is 33.9 Å². The molecule has 3 aliphatic heterocycles. The molecule has 0 spiro atoms. The minimum atomic E-state index is -0.345. The number of fused-ring (bicyclic) bond motifs is 2. The monoisotopic (exact) mass is 408 g/mol. The normalized spacial score (nSPS) is 25.2. The van der Waals surface area contributed by atoms with Crippen LogP contribution in [0.3, 0.4) is 0 Å². The molecule has 0 radical (unpaired) electrons. The van der Waals surface area contributed by atoms with E-state index in [0.29, 0.717) is 17.2 Å². The molecule has 8 heteroatoms. The molecule has 3 fully saturated rings. The Balaban J connectivity index is 0.00000225. The maximum atomic E-state index is 13.2. The first kappa shape index (κ1) is 20.9. The van der Waals surface area contributed by atoms with E-state index in [9.17, 15) is 14.9 Å². The number of nitro groups is 1. The van der Waals surface area contributed by atoms with E-state index >= 15 is 0 Å². The predicted molar refractivity (Wildman–Crippen MR) is 111 cm³/mol. The fourth-order valence-electron chi connectivity index (χ4n) is 4.78. The highest BCUT2D eigenvalue weighted by Gasteiger charge is 2.39. The van der Waals surface area contributed by atoms with E-state index in [1.807, 2.05) is 4.90 Å². The molecule has 3 aliphatic rings. The van der Waals surface area contributed by atoms with Gasteiger partial charge < -0.3 is 15.1 Å². The molecule has 7 nitrogen and oxygen atoms in total. The van der Waals surface area contributed by atoms with Crippen LogP contribution in [0.5, 0.6) is 0 Å². The van der Waals surface area contributed by atoms with Crippen LogP contribution in [-0.2, 0) is 0 Å². The van der Waals surface area contributed by atoms with Crippen molar-refractivity contribution in [3.8, 4) is 0 Å². The number of piperidine rings is 1. The Hall–Kier alpha value is -1.86. The molecule has 28 heavy (non-hydrogen) atoms. The van der Waals surface area contributed by atoms with Gasteiger partial charge in [0.25, 0.3) is 11.6 Å². The molecule has 1 amide bonds. The summed E-state index contributed by atoms with van der Waals surface area (Å²) in [7, 11) is 0. The van der Waals surface area contributed by atoms with Gasteiger partial charge in [-0.3, -0.25) is 14.9 Å². The van der Waals surface area contributed by atoms with Gasteiger partial charge in [0.05, 0.1) is 4.92 Å². The van der Waals surface area contributed by atoms with Gasteiger partial charge in [0.15, 0.2) is 0 Å². The van der Waals surface area contributed by atoms with Crippen LogP contribution in [0.25, 0.3) is 0 Å². The SMILES string of the molecule is CC1CCN(c2ccc(C(=O)N3C4CCNCC3CC4)cc2[N+](=O)[O-])CC1.Cl. The van der Waals surface area contributed by atoms with Gasteiger partial charge in [0.2, 0.25) is 0 Å². The van der Waals surface area contributed by atoms with Crippen LogP contribution in [0.15, 0.2) is 18.2 Å². The molecule has 4 rings (SSSR count). The Morgan fingerprint density at radius 1 is 1.14 bits per heavy atom. The second-order valence-electron chi connectivity index (χ2n) is 8.22. The number of hydrogen-bond acceptors (Lipinski definition) is 5.